The zero-order chi connectivity index (χ0) is 28.4. The highest BCUT2D eigenvalue weighted by molar-refractivity contribution is 6.30. The van der Waals surface area contributed by atoms with Gasteiger partial charge in [0.2, 0.25) is 0 Å². The number of hydrogen-bond donors (Lipinski definition) is 2. The van der Waals surface area contributed by atoms with Gasteiger partial charge in [-0.1, -0.05) is 48.7 Å². The fraction of sp³-hybridized carbons (Fsp3) is 0.467. The van der Waals surface area contributed by atoms with Crippen LogP contribution in [0.1, 0.15) is 67.8 Å². The van der Waals surface area contributed by atoms with E-state index in [1.165, 1.54) is 29.8 Å². The van der Waals surface area contributed by atoms with Gasteiger partial charge < -0.3 is 10.1 Å². The van der Waals surface area contributed by atoms with E-state index in [4.69, 9.17) is 16.3 Å². The van der Waals surface area contributed by atoms with Crippen LogP contribution in [0.2, 0.25) is 5.02 Å². The highest BCUT2D eigenvalue weighted by atomic mass is 35.5. The summed E-state index contributed by atoms with van der Waals surface area (Å²) in [5.41, 5.74) is 2.49. The second-order valence-electron chi connectivity index (χ2n) is 10.2. The van der Waals surface area contributed by atoms with Gasteiger partial charge in [0, 0.05) is 12.2 Å². The van der Waals surface area contributed by atoms with Crippen molar-refractivity contribution in [3.8, 4) is 0 Å². The quantitative estimate of drug-likeness (QED) is 0.139. The smallest absolute Gasteiger partial charge is 0.258 e. The molecule has 0 saturated carbocycles. The molecule has 9 heteroatoms. The van der Waals surface area contributed by atoms with Gasteiger partial charge in [0.1, 0.15) is 11.6 Å². The number of ether oxygens (including phenoxy) is 1. The highest BCUT2D eigenvalue weighted by Gasteiger charge is 2.23. The Morgan fingerprint density at radius 2 is 1.95 bits per heavy atom. The normalized spacial score (nSPS) is 17.5. The van der Waals surface area contributed by atoms with Crippen LogP contribution in [0.25, 0.3) is 0 Å². The number of rotatable bonds is 12. The molecule has 212 valence electrons. The largest absolute Gasteiger partial charge is 0.376 e. The summed E-state index contributed by atoms with van der Waals surface area (Å²) in [7, 11) is 3.89. The van der Waals surface area contributed by atoms with Crippen LogP contribution < -0.4 is 10.6 Å². The first-order valence-corrected chi connectivity index (χ1v) is 13.8. The second-order valence-corrected chi connectivity index (χ2v) is 10.6. The topological polar surface area (TPSA) is 66.0 Å². The second kappa shape index (κ2) is 15.1. The third kappa shape index (κ3) is 9.71. The van der Waals surface area contributed by atoms with Gasteiger partial charge in [0.15, 0.2) is 5.96 Å². The van der Waals surface area contributed by atoms with Crippen LogP contribution in [0.4, 0.5) is 8.78 Å². The first-order chi connectivity index (χ1) is 18.7. The summed E-state index contributed by atoms with van der Waals surface area (Å²) in [6, 6.07) is 10.5. The average molecular weight is 561 g/mol. The van der Waals surface area contributed by atoms with Crippen LogP contribution in [0.5, 0.6) is 0 Å². The van der Waals surface area contributed by atoms with Crippen molar-refractivity contribution < 1.29 is 18.3 Å². The molecule has 0 radical (unpaired) electrons. The highest BCUT2D eigenvalue weighted by Crippen LogP contribution is 2.27. The van der Waals surface area contributed by atoms with Crippen molar-refractivity contribution in [2.75, 3.05) is 27.2 Å². The first kappa shape index (κ1) is 30.7. The maximum absolute atomic E-state index is 14.0. The van der Waals surface area contributed by atoms with E-state index in [1.807, 2.05) is 31.1 Å². The lowest BCUT2D eigenvalue weighted by Crippen LogP contribution is -2.52. The average Bonchev–Trinajstić information content (AvgIpc) is 2.87. The summed E-state index contributed by atoms with van der Waals surface area (Å²) < 4.78 is 33.2. The van der Waals surface area contributed by atoms with Crippen molar-refractivity contribution in [2.45, 2.75) is 64.1 Å². The molecule has 39 heavy (non-hydrogen) atoms. The molecule has 2 N–H and O–H groups in total. The van der Waals surface area contributed by atoms with E-state index in [9.17, 15) is 13.6 Å². The molecule has 2 aromatic carbocycles. The fourth-order valence-electron chi connectivity index (χ4n) is 4.33. The lowest BCUT2D eigenvalue weighted by atomic mass is 9.90. The zero-order valence-corrected chi connectivity index (χ0v) is 23.9. The number of nitrogens with zero attached hydrogens (tertiary/aromatic N) is 2. The van der Waals surface area contributed by atoms with Crippen molar-refractivity contribution in [1.29, 1.82) is 0 Å². The minimum Gasteiger partial charge on any atom is -0.376 e. The molecule has 6 nitrogen and oxygen atoms in total. The molecule has 1 fully saturated rings. The predicted octanol–water partition coefficient (Wildman–Crippen LogP) is 6.28. The third-order valence-corrected chi connectivity index (χ3v) is 7.14. The molecule has 1 heterocycles. The van der Waals surface area contributed by atoms with Crippen LogP contribution in [-0.2, 0) is 4.74 Å². The molecule has 1 aliphatic heterocycles. The third-order valence-electron chi connectivity index (χ3n) is 6.83. The Balaban J connectivity index is 1.82. The van der Waals surface area contributed by atoms with Gasteiger partial charge in [-0.2, -0.15) is 0 Å². The minimum absolute atomic E-state index is 0.00289. The minimum atomic E-state index is -0.668. The van der Waals surface area contributed by atoms with Gasteiger partial charge in [-0.05, 0) is 88.5 Å². The maximum Gasteiger partial charge on any atom is 0.258 e. The van der Waals surface area contributed by atoms with Crippen molar-refractivity contribution in [3.63, 3.8) is 0 Å². The summed E-state index contributed by atoms with van der Waals surface area (Å²) in [5, 5.41) is 6.13. The van der Waals surface area contributed by atoms with E-state index >= 15 is 0 Å². The Labute approximate surface area is 235 Å². The van der Waals surface area contributed by atoms with Crippen LogP contribution >= 0.6 is 11.6 Å². The Bertz CT molecular complexity index is 1150. The summed E-state index contributed by atoms with van der Waals surface area (Å²) in [6.07, 6.45) is 6.51. The molecule has 2 aromatic rings. The lowest BCUT2D eigenvalue weighted by Gasteiger charge is -2.31. The maximum atomic E-state index is 14.0. The number of carbonyl (C=O) groups is 1. The standard InChI is InChI=1S/C30H39ClF2N4O2/c1-5-6-20(2)7-8-22(21-9-12-24(32)13-10-21)18-28(37(3)4)35-30(34-19-25-15-16-39-25)36-29(38)23-11-14-26(31)27(33)17-23/h7,9-14,17,22,25,28H,5-6,8,15-16,18-19H2,1-4H3,(H2,34,35,36,38). The Hall–Kier alpha value is -2.81. The predicted molar refractivity (Wildman–Crippen MR) is 153 cm³/mol. The van der Waals surface area contributed by atoms with Gasteiger partial charge in [0.05, 0.1) is 23.8 Å². The monoisotopic (exact) mass is 560 g/mol. The van der Waals surface area contributed by atoms with Gasteiger partial charge in [0.25, 0.3) is 5.91 Å². The summed E-state index contributed by atoms with van der Waals surface area (Å²) in [5.74, 6) is -1.07. The number of aliphatic imine (C=N–C) groups is 1. The van der Waals surface area contributed by atoms with E-state index in [-0.39, 0.29) is 40.6 Å². The van der Waals surface area contributed by atoms with E-state index in [0.29, 0.717) is 19.6 Å². The molecule has 3 rings (SSSR count). The number of amides is 1. The number of halogens is 3. The van der Waals surface area contributed by atoms with Crippen LogP contribution in [0, 0.1) is 11.6 Å². The van der Waals surface area contributed by atoms with E-state index in [2.05, 4.69) is 35.5 Å². The van der Waals surface area contributed by atoms with Crippen LogP contribution in [-0.4, -0.2) is 56.3 Å². The molecule has 3 unspecified atom stereocenters. The number of benzene rings is 2. The van der Waals surface area contributed by atoms with Gasteiger partial charge in [-0.15, -0.1) is 0 Å². The molecule has 0 aromatic heterocycles. The van der Waals surface area contributed by atoms with Gasteiger partial charge in [-0.25, -0.2) is 8.78 Å². The number of carbonyl (C=O) groups excluding carboxylic acids is 1. The summed E-state index contributed by atoms with van der Waals surface area (Å²) in [6.45, 7) is 5.38. The molecule has 0 bridgehead atoms. The molecule has 1 saturated heterocycles. The number of allylic oxidation sites excluding steroid dienone is 2. The molecule has 0 spiro atoms. The SMILES string of the molecule is CCCC(C)=CCC(CC(NC(=NCC1CCO1)NC(=O)c1ccc(Cl)c(F)c1)N(C)C)c1ccc(F)cc1. The Kier molecular flexibility index (Phi) is 11.9. The molecule has 3 atom stereocenters. The van der Waals surface area contributed by atoms with Gasteiger partial charge in [-0.3, -0.25) is 20.0 Å². The number of hydrogen-bond acceptors (Lipinski definition) is 4. The number of guanidine groups is 1. The molecule has 0 aliphatic carbocycles. The van der Waals surface area contributed by atoms with Crippen molar-refractivity contribution in [2.24, 2.45) is 4.99 Å². The van der Waals surface area contributed by atoms with E-state index in [0.717, 1.165) is 37.3 Å². The van der Waals surface area contributed by atoms with Crippen LogP contribution in [0.15, 0.2) is 59.1 Å². The first-order valence-electron chi connectivity index (χ1n) is 13.4. The van der Waals surface area contributed by atoms with Crippen molar-refractivity contribution in [1.82, 2.24) is 15.5 Å². The molecule has 1 aliphatic rings. The van der Waals surface area contributed by atoms with E-state index < -0.39 is 11.7 Å². The molecule has 1 amide bonds. The van der Waals surface area contributed by atoms with Crippen LogP contribution in [0.3, 0.4) is 0 Å². The summed E-state index contributed by atoms with van der Waals surface area (Å²) in [4.78, 5) is 19.6. The lowest BCUT2D eigenvalue weighted by molar-refractivity contribution is -0.0433. The fourth-order valence-corrected chi connectivity index (χ4v) is 4.45. The number of nitrogens with one attached hydrogen (secondary N) is 2. The van der Waals surface area contributed by atoms with Crippen molar-refractivity contribution in [3.05, 3.63) is 81.9 Å². The molecular weight excluding hydrogens is 522 g/mol. The Morgan fingerprint density at radius 3 is 2.54 bits per heavy atom. The Morgan fingerprint density at radius 1 is 1.23 bits per heavy atom. The summed E-state index contributed by atoms with van der Waals surface area (Å²) >= 11 is 5.78. The van der Waals surface area contributed by atoms with Gasteiger partial charge >= 0.3 is 0 Å². The molecular formula is C30H39ClF2N4O2. The van der Waals surface area contributed by atoms with E-state index in [1.54, 1.807) is 0 Å². The van der Waals surface area contributed by atoms with Crippen molar-refractivity contribution >= 4 is 23.5 Å². The zero-order valence-electron chi connectivity index (χ0n) is 23.1.